The van der Waals surface area contributed by atoms with Crippen LogP contribution in [-0.2, 0) is 0 Å². The van der Waals surface area contributed by atoms with E-state index in [9.17, 15) is 14.4 Å². The van der Waals surface area contributed by atoms with Gasteiger partial charge in [-0.2, -0.15) is 0 Å². The van der Waals surface area contributed by atoms with Crippen LogP contribution in [0.15, 0.2) is 53.0 Å². The van der Waals surface area contributed by atoms with E-state index in [0.29, 0.717) is 16.8 Å². The van der Waals surface area contributed by atoms with Crippen LogP contribution in [0.5, 0.6) is 0 Å². The molecule has 2 aromatic carbocycles. The van der Waals surface area contributed by atoms with E-state index in [1.165, 1.54) is 24.3 Å². The number of anilines is 1. The Kier molecular flexibility index (Phi) is 7.27. The molecule has 9 heteroatoms. The number of hydrogen-bond donors (Lipinski definition) is 3. The van der Waals surface area contributed by atoms with E-state index in [4.69, 9.17) is 5.73 Å². The van der Waals surface area contributed by atoms with Gasteiger partial charge < -0.3 is 5.73 Å². The summed E-state index contributed by atoms with van der Waals surface area (Å²) in [4.78, 5) is 35.0. The minimum atomic E-state index is -0.715. The van der Waals surface area contributed by atoms with Gasteiger partial charge in [-0.25, -0.2) is 9.10 Å². The van der Waals surface area contributed by atoms with Gasteiger partial charge in [0.25, 0.3) is 5.91 Å². The second-order valence-electron chi connectivity index (χ2n) is 4.49. The highest BCUT2D eigenvalue weighted by atomic mass is 79.9. The lowest BCUT2D eigenvalue weighted by Gasteiger charge is -2.16. The largest absolute Gasteiger partial charge is 0.366 e. The van der Waals surface area contributed by atoms with Crippen molar-refractivity contribution >= 4 is 64.7 Å². The van der Waals surface area contributed by atoms with Crippen molar-refractivity contribution in [3.05, 3.63) is 64.1 Å². The van der Waals surface area contributed by atoms with E-state index in [1.807, 2.05) is 0 Å². The Bertz CT molecular complexity index is 754. The van der Waals surface area contributed by atoms with Crippen molar-refractivity contribution in [2.75, 3.05) is 4.31 Å². The lowest BCUT2D eigenvalue weighted by molar-refractivity contribution is 0.0964. The predicted octanol–water partition coefficient (Wildman–Crippen LogP) is 3.17. The summed E-state index contributed by atoms with van der Waals surface area (Å²) in [6.45, 7) is 0. The van der Waals surface area contributed by atoms with Crippen molar-refractivity contribution in [3.8, 4) is 0 Å². The van der Waals surface area contributed by atoms with Gasteiger partial charge in [-0.05, 0) is 48.5 Å². The highest BCUT2D eigenvalue weighted by molar-refractivity contribution is 9.10. The molecule has 0 heterocycles. The number of thiol groups is 1. The highest BCUT2D eigenvalue weighted by Crippen LogP contribution is 2.17. The third-order valence-corrected chi connectivity index (χ3v) is 3.86. The quantitative estimate of drug-likeness (QED) is 0.653. The molecule has 0 spiro atoms. The van der Waals surface area contributed by atoms with Gasteiger partial charge in [0.1, 0.15) is 0 Å². The molecule has 0 saturated heterocycles. The van der Waals surface area contributed by atoms with E-state index in [1.54, 1.807) is 24.3 Å². The maximum absolute atomic E-state index is 12.0. The number of hydrogen-bond acceptors (Lipinski definition) is 4. The molecule has 24 heavy (non-hydrogen) atoms. The summed E-state index contributed by atoms with van der Waals surface area (Å²) in [5, 5.41) is 2.22. The Morgan fingerprint density at radius 2 is 1.46 bits per heavy atom. The number of carbonyl (C=O) groups excluding carboxylic acids is 3. The van der Waals surface area contributed by atoms with Crippen molar-refractivity contribution < 1.29 is 14.4 Å². The van der Waals surface area contributed by atoms with Crippen molar-refractivity contribution in [1.82, 2.24) is 5.32 Å². The van der Waals surface area contributed by atoms with E-state index in [2.05, 4.69) is 34.1 Å². The standard InChI is InChI=1S/C15H12BrN3O3S.ClH/c16-11-5-1-10(2-6-11)14(21)18-15(22)19(23)12-7-3-9(4-8-12)13(17)20;/h1-8,23H,(H2,17,20)(H,18,21,22);1H. The molecule has 126 valence electrons. The number of amides is 4. The van der Waals surface area contributed by atoms with Gasteiger partial charge in [0, 0.05) is 15.6 Å². The van der Waals surface area contributed by atoms with Gasteiger partial charge in [-0.1, -0.05) is 28.7 Å². The minimum absolute atomic E-state index is 0. The summed E-state index contributed by atoms with van der Waals surface area (Å²) in [7, 11) is 0. The number of carbonyl (C=O) groups is 3. The Balaban J connectivity index is 0.00000288. The molecule has 6 nitrogen and oxygen atoms in total. The molecule has 0 aromatic heterocycles. The van der Waals surface area contributed by atoms with Gasteiger partial charge in [-0.15, -0.1) is 12.4 Å². The van der Waals surface area contributed by atoms with Crippen LogP contribution in [0.4, 0.5) is 10.5 Å². The monoisotopic (exact) mass is 429 g/mol. The summed E-state index contributed by atoms with van der Waals surface area (Å²) in [5.74, 6) is -1.12. The van der Waals surface area contributed by atoms with Crippen LogP contribution in [0.1, 0.15) is 20.7 Å². The average Bonchev–Trinajstić information content (AvgIpc) is 2.54. The molecule has 0 unspecified atom stereocenters. The molecule has 0 bridgehead atoms. The summed E-state index contributed by atoms with van der Waals surface area (Å²) in [6.07, 6.45) is 0. The molecule has 0 radical (unpaired) electrons. The maximum atomic E-state index is 12.0. The number of nitrogens with zero attached hydrogens (tertiary/aromatic N) is 1. The van der Waals surface area contributed by atoms with Crippen molar-refractivity contribution in [1.29, 1.82) is 0 Å². The molecule has 3 N–H and O–H groups in total. The predicted molar refractivity (Wildman–Crippen MR) is 101 cm³/mol. The van der Waals surface area contributed by atoms with E-state index >= 15 is 0 Å². The van der Waals surface area contributed by atoms with Crippen LogP contribution in [0.25, 0.3) is 0 Å². The first kappa shape index (κ1) is 20.0. The second kappa shape index (κ2) is 8.72. The molecule has 0 saturated carbocycles. The zero-order valence-electron chi connectivity index (χ0n) is 12.1. The second-order valence-corrected chi connectivity index (χ2v) is 5.80. The fourth-order valence-electron chi connectivity index (χ4n) is 1.71. The number of halogens is 2. The zero-order valence-corrected chi connectivity index (χ0v) is 15.4. The SMILES string of the molecule is Cl.NC(=O)c1ccc(N(S)C(=O)NC(=O)c2ccc(Br)cc2)cc1. The van der Waals surface area contributed by atoms with Crippen LogP contribution in [-0.4, -0.2) is 17.8 Å². The molecule has 0 aliphatic rings. The number of primary amides is 1. The van der Waals surface area contributed by atoms with Crippen molar-refractivity contribution in [2.45, 2.75) is 0 Å². The zero-order chi connectivity index (χ0) is 17.0. The van der Waals surface area contributed by atoms with Crippen LogP contribution in [0, 0.1) is 0 Å². The topological polar surface area (TPSA) is 92.5 Å². The van der Waals surface area contributed by atoms with Crippen LogP contribution >= 0.6 is 41.2 Å². The number of nitrogens with one attached hydrogen (secondary N) is 1. The van der Waals surface area contributed by atoms with Gasteiger partial charge >= 0.3 is 6.03 Å². The third kappa shape index (κ3) is 4.98. The maximum Gasteiger partial charge on any atom is 0.338 e. The highest BCUT2D eigenvalue weighted by Gasteiger charge is 2.16. The lowest BCUT2D eigenvalue weighted by Crippen LogP contribution is -2.38. The normalized spacial score (nSPS) is 9.58. The molecule has 2 rings (SSSR count). The number of imide groups is 1. The fourth-order valence-corrected chi connectivity index (χ4v) is 2.16. The fraction of sp³-hybridized carbons (Fsp3) is 0. The van der Waals surface area contributed by atoms with Crippen LogP contribution in [0.2, 0.25) is 0 Å². The summed E-state index contributed by atoms with van der Waals surface area (Å²) < 4.78 is 1.78. The van der Waals surface area contributed by atoms with Gasteiger partial charge in [0.05, 0.1) is 5.69 Å². The molecule has 4 amide bonds. The molecule has 2 aromatic rings. The Hall–Kier alpha value is -2.03. The lowest BCUT2D eigenvalue weighted by atomic mass is 10.2. The smallest absolute Gasteiger partial charge is 0.338 e. The minimum Gasteiger partial charge on any atom is -0.366 e. The average molecular weight is 431 g/mol. The van der Waals surface area contributed by atoms with Crippen molar-refractivity contribution in [2.24, 2.45) is 5.73 Å². The summed E-state index contributed by atoms with van der Waals surface area (Å²) >= 11 is 7.31. The summed E-state index contributed by atoms with van der Waals surface area (Å²) in [6, 6.07) is 11.8. The number of nitrogens with two attached hydrogens (primary N) is 1. The van der Waals surface area contributed by atoms with E-state index in [-0.39, 0.29) is 12.4 Å². The van der Waals surface area contributed by atoms with E-state index < -0.39 is 17.8 Å². The number of urea groups is 1. The van der Waals surface area contributed by atoms with Gasteiger partial charge in [0.15, 0.2) is 0 Å². The molecular formula is C15H13BrClN3O3S. The number of rotatable bonds is 3. The molecule has 0 atom stereocenters. The summed E-state index contributed by atoms with van der Waals surface area (Å²) in [5.41, 5.74) is 6.18. The van der Waals surface area contributed by atoms with Crippen LogP contribution in [0.3, 0.4) is 0 Å². The van der Waals surface area contributed by atoms with Crippen LogP contribution < -0.4 is 15.4 Å². The van der Waals surface area contributed by atoms with E-state index in [0.717, 1.165) is 8.78 Å². The first-order chi connectivity index (χ1) is 10.9. The molecule has 0 aliphatic heterocycles. The third-order valence-electron chi connectivity index (χ3n) is 2.92. The first-order valence-electron chi connectivity index (χ1n) is 6.38. The van der Waals surface area contributed by atoms with Gasteiger partial charge in [-0.3, -0.25) is 14.9 Å². The van der Waals surface area contributed by atoms with Gasteiger partial charge in [0.2, 0.25) is 5.91 Å². The number of benzene rings is 2. The first-order valence-corrected chi connectivity index (χ1v) is 7.57. The molecular weight excluding hydrogens is 418 g/mol. The van der Waals surface area contributed by atoms with Crippen molar-refractivity contribution in [3.63, 3.8) is 0 Å². The Morgan fingerprint density at radius 3 is 1.96 bits per heavy atom. The molecule has 0 aliphatic carbocycles. The molecule has 0 fully saturated rings. The Morgan fingerprint density at radius 1 is 0.958 bits per heavy atom. The Labute approximate surface area is 158 Å².